The van der Waals surface area contributed by atoms with Gasteiger partial charge in [-0.2, -0.15) is 0 Å². The Labute approximate surface area is 364 Å². The SMILES string of the molecule is c1ccc(-c2cc3c(c4ccccc24)c2c4ccccc4ccc2n3-c2cc(-c3nc(-c4cccc5c4oc4ccccc45)c4ccccc4n3)c3sc4ccccc4c3c2)cc1. The van der Waals surface area contributed by atoms with Crippen molar-refractivity contribution in [2.24, 2.45) is 0 Å². The largest absolute Gasteiger partial charge is 0.455 e. The zero-order chi connectivity index (χ0) is 41.2. The molecule has 63 heavy (non-hydrogen) atoms. The fraction of sp³-hybridized carbons (Fsp3) is 0. The van der Waals surface area contributed by atoms with Gasteiger partial charge in [0.1, 0.15) is 11.2 Å². The minimum absolute atomic E-state index is 0.678. The van der Waals surface area contributed by atoms with Crippen LogP contribution in [-0.4, -0.2) is 14.5 Å². The molecule has 0 amide bonds. The third-order valence-electron chi connectivity index (χ3n) is 13.0. The Hall–Kier alpha value is -8.12. The summed E-state index contributed by atoms with van der Waals surface area (Å²) in [4.78, 5) is 11.0. The molecule has 0 aliphatic carbocycles. The van der Waals surface area contributed by atoms with E-state index >= 15 is 0 Å². The van der Waals surface area contributed by atoms with Crippen molar-refractivity contribution in [3.63, 3.8) is 0 Å². The molecule has 0 aliphatic heterocycles. The van der Waals surface area contributed by atoms with E-state index in [0.29, 0.717) is 5.82 Å². The molecule has 0 radical (unpaired) electrons. The average Bonchev–Trinajstić information content (AvgIpc) is 4.03. The molecule has 0 saturated carbocycles. The molecule has 4 aromatic heterocycles. The van der Waals surface area contributed by atoms with Crippen LogP contribution < -0.4 is 0 Å². The van der Waals surface area contributed by atoms with Gasteiger partial charge in [0.25, 0.3) is 0 Å². The molecule has 0 bridgehead atoms. The Kier molecular flexibility index (Phi) is 7.24. The van der Waals surface area contributed by atoms with Gasteiger partial charge in [-0.15, -0.1) is 11.3 Å². The van der Waals surface area contributed by atoms with Crippen molar-refractivity contribution in [2.75, 3.05) is 0 Å². The molecule has 292 valence electrons. The number of rotatable bonds is 4. The van der Waals surface area contributed by atoms with E-state index in [9.17, 15) is 0 Å². The first-order chi connectivity index (χ1) is 31.2. The minimum Gasteiger partial charge on any atom is -0.455 e. The molecule has 0 spiro atoms. The number of hydrogen-bond acceptors (Lipinski definition) is 4. The van der Waals surface area contributed by atoms with E-state index in [0.717, 1.165) is 71.1 Å². The van der Waals surface area contributed by atoms with Gasteiger partial charge in [-0.25, -0.2) is 9.97 Å². The van der Waals surface area contributed by atoms with Crippen LogP contribution >= 0.6 is 11.3 Å². The van der Waals surface area contributed by atoms with E-state index in [4.69, 9.17) is 14.4 Å². The van der Waals surface area contributed by atoms with Gasteiger partial charge in [0.15, 0.2) is 5.82 Å². The van der Waals surface area contributed by atoms with Gasteiger partial charge in [0.05, 0.1) is 22.2 Å². The molecule has 4 heterocycles. The number of fused-ring (bicyclic) bond motifs is 14. The van der Waals surface area contributed by atoms with Crippen molar-refractivity contribution in [3.05, 3.63) is 200 Å². The molecule has 0 aliphatic rings. The summed E-state index contributed by atoms with van der Waals surface area (Å²) < 4.78 is 11.5. The molecule has 4 nitrogen and oxygen atoms in total. The van der Waals surface area contributed by atoms with E-state index in [1.807, 2.05) is 12.1 Å². The summed E-state index contributed by atoms with van der Waals surface area (Å²) in [6, 6.07) is 71.9. The highest BCUT2D eigenvalue weighted by Gasteiger charge is 2.24. The predicted molar refractivity (Wildman–Crippen MR) is 265 cm³/mol. The Morgan fingerprint density at radius 3 is 2.02 bits per heavy atom. The standard InChI is InChI=1S/C58H33N3OS/c1-2-15-34(16-3-1)45-33-50-54(41-22-7-6-19-38(41)45)53-37-18-5-4-17-35(37)29-30-49(53)61(50)36-31-46-40-21-10-13-28-52(40)63-57(46)47(32-36)58-59-48-26-11-8-23-43(48)55(60-58)44-25-14-24-42-39-20-9-12-27-51(39)62-56(42)44/h1-33H. The van der Waals surface area contributed by atoms with Gasteiger partial charge in [-0.05, 0) is 81.2 Å². The number of para-hydroxylation sites is 3. The second kappa shape index (κ2) is 13.2. The molecule has 0 atom stereocenters. The van der Waals surface area contributed by atoms with E-state index < -0.39 is 0 Å². The van der Waals surface area contributed by atoms with Gasteiger partial charge >= 0.3 is 0 Å². The molecule has 5 heteroatoms. The predicted octanol–water partition coefficient (Wildman–Crippen LogP) is 16.3. The van der Waals surface area contributed by atoms with Crippen molar-refractivity contribution in [1.29, 1.82) is 0 Å². The summed E-state index contributed by atoms with van der Waals surface area (Å²) in [5.41, 5.74) is 11.1. The normalized spacial score (nSPS) is 12.1. The van der Waals surface area contributed by atoms with Crippen LogP contribution in [-0.2, 0) is 0 Å². The summed E-state index contributed by atoms with van der Waals surface area (Å²) in [5.74, 6) is 0.678. The van der Waals surface area contributed by atoms with Gasteiger partial charge in [-0.3, -0.25) is 0 Å². The molecule has 10 aromatic carbocycles. The monoisotopic (exact) mass is 819 g/mol. The van der Waals surface area contributed by atoms with Crippen LogP contribution in [0.5, 0.6) is 0 Å². The third kappa shape index (κ3) is 5.03. The number of aromatic nitrogens is 3. The van der Waals surface area contributed by atoms with Gasteiger partial charge < -0.3 is 8.98 Å². The Balaban J connectivity index is 1.12. The highest BCUT2D eigenvalue weighted by Crippen LogP contribution is 2.47. The first-order valence-electron chi connectivity index (χ1n) is 21.3. The van der Waals surface area contributed by atoms with Crippen LogP contribution in [0.1, 0.15) is 0 Å². The van der Waals surface area contributed by atoms with Gasteiger partial charge in [-0.1, -0.05) is 152 Å². The fourth-order valence-electron chi connectivity index (χ4n) is 10.2. The van der Waals surface area contributed by atoms with Crippen LogP contribution in [0.15, 0.2) is 205 Å². The lowest BCUT2D eigenvalue weighted by Gasteiger charge is -2.15. The maximum Gasteiger partial charge on any atom is 0.161 e. The summed E-state index contributed by atoms with van der Waals surface area (Å²) in [7, 11) is 0. The van der Waals surface area contributed by atoms with Crippen molar-refractivity contribution < 1.29 is 4.42 Å². The maximum absolute atomic E-state index is 6.63. The number of thiophene rings is 1. The van der Waals surface area contributed by atoms with Crippen LogP contribution in [0.3, 0.4) is 0 Å². The molecule has 0 unspecified atom stereocenters. The zero-order valence-corrected chi connectivity index (χ0v) is 34.5. The molecule has 14 aromatic rings. The third-order valence-corrected chi connectivity index (χ3v) is 14.2. The van der Waals surface area contributed by atoms with Crippen molar-refractivity contribution in [1.82, 2.24) is 14.5 Å². The highest BCUT2D eigenvalue weighted by molar-refractivity contribution is 7.26. The van der Waals surface area contributed by atoms with Crippen LogP contribution in [0.2, 0.25) is 0 Å². The number of hydrogen-bond donors (Lipinski definition) is 0. The van der Waals surface area contributed by atoms with Crippen molar-refractivity contribution in [2.45, 2.75) is 0 Å². The average molecular weight is 820 g/mol. The number of furan rings is 1. The van der Waals surface area contributed by atoms with Crippen molar-refractivity contribution >= 4 is 108 Å². The molecule has 0 N–H and O–H groups in total. The molecular formula is C58H33N3OS. The topological polar surface area (TPSA) is 43.9 Å². The van der Waals surface area contributed by atoms with Crippen molar-refractivity contribution in [3.8, 4) is 39.5 Å². The summed E-state index contributed by atoms with van der Waals surface area (Å²) in [6.07, 6.45) is 0. The lowest BCUT2D eigenvalue weighted by molar-refractivity contribution is 0.670. The first-order valence-corrected chi connectivity index (χ1v) is 22.1. The maximum atomic E-state index is 6.63. The lowest BCUT2D eigenvalue weighted by Crippen LogP contribution is -1.99. The molecular weight excluding hydrogens is 787 g/mol. The Morgan fingerprint density at radius 2 is 1.13 bits per heavy atom. The Morgan fingerprint density at radius 1 is 0.429 bits per heavy atom. The van der Waals surface area contributed by atoms with Crippen LogP contribution in [0, 0.1) is 0 Å². The summed E-state index contributed by atoms with van der Waals surface area (Å²) in [5, 5.41) is 13.0. The van der Waals surface area contributed by atoms with Crippen LogP contribution in [0.25, 0.3) is 136 Å². The number of benzene rings is 10. The second-order valence-corrected chi connectivity index (χ2v) is 17.5. The number of nitrogens with zero attached hydrogens (tertiary/aromatic N) is 3. The molecule has 0 fully saturated rings. The van der Waals surface area contributed by atoms with E-state index in [1.54, 1.807) is 11.3 Å². The smallest absolute Gasteiger partial charge is 0.161 e. The first kappa shape index (κ1) is 34.6. The summed E-state index contributed by atoms with van der Waals surface area (Å²) in [6.45, 7) is 0. The van der Waals surface area contributed by atoms with E-state index in [1.165, 1.54) is 58.9 Å². The molecule has 14 rings (SSSR count). The Bertz CT molecular complexity index is 4210. The second-order valence-electron chi connectivity index (χ2n) is 16.4. The van der Waals surface area contributed by atoms with E-state index in [-0.39, 0.29) is 0 Å². The van der Waals surface area contributed by atoms with E-state index in [2.05, 4.69) is 193 Å². The molecule has 0 saturated heterocycles. The zero-order valence-electron chi connectivity index (χ0n) is 33.7. The highest BCUT2D eigenvalue weighted by atomic mass is 32.1. The summed E-state index contributed by atoms with van der Waals surface area (Å²) >= 11 is 1.80. The lowest BCUT2D eigenvalue weighted by atomic mass is 9.94. The quantitative estimate of drug-likeness (QED) is 0.178. The fourth-order valence-corrected chi connectivity index (χ4v) is 11.4. The van der Waals surface area contributed by atoms with Gasteiger partial charge in [0, 0.05) is 63.9 Å². The van der Waals surface area contributed by atoms with Gasteiger partial charge in [0.2, 0.25) is 0 Å². The minimum atomic E-state index is 0.678. The van der Waals surface area contributed by atoms with Crippen LogP contribution in [0.4, 0.5) is 0 Å².